The first-order valence-corrected chi connectivity index (χ1v) is 10.2. The highest BCUT2D eigenvalue weighted by atomic mass is 16.5. The Morgan fingerprint density at radius 2 is 1.32 bits per heavy atom. The van der Waals surface area contributed by atoms with Gasteiger partial charge in [0.1, 0.15) is 6.04 Å². The summed E-state index contributed by atoms with van der Waals surface area (Å²) >= 11 is 0. The van der Waals surface area contributed by atoms with Crippen molar-refractivity contribution in [2.75, 3.05) is 13.7 Å². The maximum atomic E-state index is 12.2. The van der Waals surface area contributed by atoms with E-state index in [1.807, 2.05) is 0 Å². The van der Waals surface area contributed by atoms with E-state index in [0.717, 1.165) is 38.5 Å². The Bertz CT molecular complexity index is 334. The smallest absolute Gasteiger partial charge is 0.407 e. The highest BCUT2D eigenvalue weighted by Crippen LogP contribution is 2.10. The van der Waals surface area contributed by atoms with Crippen LogP contribution in [0.1, 0.15) is 97.3 Å². The number of nitrogens with one attached hydrogen (secondary N) is 1. The Kier molecular flexibility index (Phi) is 16.7. The Hall–Kier alpha value is -1.26. The molecule has 0 aromatic heterocycles. The van der Waals surface area contributed by atoms with E-state index in [0.29, 0.717) is 13.0 Å². The predicted octanol–water partition coefficient (Wildman–Crippen LogP) is 5.37. The van der Waals surface area contributed by atoms with Gasteiger partial charge in [0, 0.05) is 0 Å². The van der Waals surface area contributed by atoms with Gasteiger partial charge in [-0.15, -0.1) is 0 Å². The largest absolute Gasteiger partial charge is 0.464 e. The highest BCUT2D eigenvalue weighted by Gasteiger charge is 2.22. The van der Waals surface area contributed by atoms with Gasteiger partial charge in [-0.05, 0) is 12.8 Å². The van der Waals surface area contributed by atoms with Crippen molar-refractivity contribution in [3.8, 4) is 0 Å². The maximum Gasteiger partial charge on any atom is 0.407 e. The van der Waals surface area contributed by atoms with Crippen LogP contribution in [0.4, 0.5) is 4.79 Å². The average Bonchev–Trinajstić information content (AvgIpc) is 2.62. The number of alkyl carbamates (subject to hydrolysis) is 1. The van der Waals surface area contributed by atoms with Crippen molar-refractivity contribution < 1.29 is 19.1 Å². The van der Waals surface area contributed by atoms with Crippen LogP contribution in [0.3, 0.4) is 0 Å². The zero-order valence-electron chi connectivity index (χ0n) is 16.6. The number of methoxy groups -OCH3 is 1. The third kappa shape index (κ3) is 14.8. The number of unbranched alkanes of at least 4 members (excludes halogenated alkanes) is 10. The molecule has 0 bridgehead atoms. The summed E-state index contributed by atoms with van der Waals surface area (Å²) in [7, 11) is 1.30. The van der Waals surface area contributed by atoms with E-state index in [1.165, 1.54) is 45.6 Å². The van der Waals surface area contributed by atoms with Gasteiger partial charge in [0.2, 0.25) is 0 Å². The molecule has 0 spiro atoms. The van der Waals surface area contributed by atoms with E-state index < -0.39 is 12.1 Å². The Balaban J connectivity index is 3.89. The Labute approximate surface area is 154 Å². The molecule has 148 valence electrons. The summed E-state index contributed by atoms with van der Waals surface area (Å²) in [5.74, 6) is -0.343. The van der Waals surface area contributed by atoms with E-state index in [4.69, 9.17) is 4.74 Å². The zero-order chi connectivity index (χ0) is 18.8. The van der Waals surface area contributed by atoms with E-state index in [9.17, 15) is 9.59 Å². The first-order valence-electron chi connectivity index (χ1n) is 10.2. The van der Waals surface area contributed by atoms with E-state index in [-0.39, 0.29) is 5.97 Å². The lowest BCUT2D eigenvalue weighted by Crippen LogP contribution is -2.41. The van der Waals surface area contributed by atoms with Crippen molar-refractivity contribution >= 4 is 12.1 Å². The molecule has 1 atom stereocenters. The van der Waals surface area contributed by atoms with Crippen LogP contribution >= 0.6 is 0 Å². The minimum Gasteiger partial charge on any atom is -0.464 e. The molecule has 25 heavy (non-hydrogen) atoms. The Morgan fingerprint density at radius 3 is 1.88 bits per heavy atom. The lowest BCUT2D eigenvalue weighted by Gasteiger charge is -2.17. The summed E-state index contributed by atoms with van der Waals surface area (Å²) in [5, 5.41) is 2.59. The van der Waals surface area contributed by atoms with Crippen LogP contribution in [0.5, 0.6) is 0 Å². The molecule has 0 radical (unpaired) electrons. The van der Waals surface area contributed by atoms with Crippen molar-refractivity contribution in [2.24, 2.45) is 0 Å². The van der Waals surface area contributed by atoms with Crippen LogP contribution < -0.4 is 5.32 Å². The SMILES string of the molecule is CCCCCCCCCCOC(=O)C(CCCCCC)NC(=O)OC. The number of ether oxygens (including phenoxy) is 2. The number of rotatable bonds is 16. The second kappa shape index (κ2) is 17.6. The first kappa shape index (κ1) is 23.7. The van der Waals surface area contributed by atoms with Gasteiger partial charge in [0.15, 0.2) is 0 Å². The average molecular weight is 358 g/mol. The van der Waals surface area contributed by atoms with Crippen molar-refractivity contribution in [3.63, 3.8) is 0 Å². The second-order valence-electron chi connectivity index (χ2n) is 6.68. The number of carbonyl (C=O) groups excluding carboxylic acids is 2. The van der Waals surface area contributed by atoms with E-state index in [2.05, 4.69) is 23.9 Å². The summed E-state index contributed by atoms with van der Waals surface area (Å²) in [6.07, 6.45) is 13.9. The summed E-state index contributed by atoms with van der Waals surface area (Å²) in [6.45, 7) is 4.80. The lowest BCUT2D eigenvalue weighted by atomic mass is 10.1. The zero-order valence-corrected chi connectivity index (χ0v) is 16.6. The number of hydrogen-bond acceptors (Lipinski definition) is 4. The van der Waals surface area contributed by atoms with Gasteiger partial charge in [-0.1, -0.05) is 84.5 Å². The number of esters is 1. The van der Waals surface area contributed by atoms with Crippen LogP contribution in [0.25, 0.3) is 0 Å². The van der Waals surface area contributed by atoms with Crippen LogP contribution in [0, 0.1) is 0 Å². The molecular formula is C20H39NO4. The monoisotopic (exact) mass is 357 g/mol. The van der Waals surface area contributed by atoms with Crippen LogP contribution in [0.15, 0.2) is 0 Å². The molecule has 1 amide bonds. The third-order valence-corrected chi connectivity index (χ3v) is 4.35. The van der Waals surface area contributed by atoms with Gasteiger partial charge >= 0.3 is 12.1 Å². The molecule has 0 aliphatic rings. The van der Waals surface area contributed by atoms with Gasteiger partial charge in [-0.25, -0.2) is 9.59 Å². The van der Waals surface area contributed by atoms with Crippen molar-refractivity contribution in [3.05, 3.63) is 0 Å². The molecule has 0 saturated heterocycles. The topological polar surface area (TPSA) is 64.6 Å². The molecular weight excluding hydrogens is 318 g/mol. The quantitative estimate of drug-likeness (QED) is 0.298. The molecule has 0 aliphatic heterocycles. The van der Waals surface area contributed by atoms with Gasteiger partial charge in [0.05, 0.1) is 13.7 Å². The van der Waals surface area contributed by atoms with Gasteiger partial charge in [0.25, 0.3) is 0 Å². The fourth-order valence-corrected chi connectivity index (χ4v) is 2.73. The first-order chi connectivity index (χ1) is 12.2. The molecule has 5 heteroatoms. The third-order valence-electron chi connectivity index (χ3n) is 4.35. The summed E-state index contributed by atoms with van der Waals surface area (Å²) in [4.78, 5) is 23.6. The standard InChI is InChI=1S/C20H39NO4/c1-4-6-8-10-11-12-13-15-17-25-19(22)18(21-20(23)24-3)16-14-9-7-5-2/h18H,4-17H2,1-3H3,(H,21,23). The van der Waals surface area contributed by atoms with E-state index >= 15 is 0 Å². The van der Waals surface area contributed by atoms with Gasteiger partial charge in [-0.3, -0.25) is 0 Å². The summed E-state index contributed by atoms with van der Waals surface area (Å²) < 4.78 is 9.94. The predicted molar refractivity (Wildman–Crippen MR) is 102 cm³/mol. The number of hydrogen-bond donors (Lipinski definition) is 1. The molecule has 0 fully saturated rings. The van der Waals surface area contributed by atoms with E-state index in [1.54, 1.807) is 0 Å². The van der Waals surface area contributed by atoms with Crippen LogP contribution in [-0.4, -0.2) is 31.8 Å². The molecule has 0 rings (SSSR count). The lowest BCUT2D eigenvalue weighted by molar-refractivity contribution is -0.146. The van der Waals surface area contributed by atoms with Gasteiger partial charge in [-0.2, -0.15) is 0 Å². The number of carbonyl (C=O) groups is 2. The van der Waals surface area contributed by atoms with Crippen molar-refractivity contribution in [1.82, 2.24) is 5.32 Å². The maximum absolute atomic E-state index is 12.2. The van der Waals surface area contributed by atoms with Crippen LogP contribution in [-0.2, 0) is 14.3 Å². The molecule has 0 heterocycles. The van der Waals surface area contributed by atoms with Crippen LogP contribution in [0.2, 0.25) is 0 Å². The second-order valence-corrected chi connectivity index (χ2v) is 6.68. The highest BCUT2D eigenvalue weighted by molar-refractivity contribution is 5.81. The summed E-state index contributed by atoms with van der Waals surface area (Å²) in [6, 6.07) is -0.599. The fraction of sp³-hybridized carbons (Fsp3) is 0.900. The van der Waals surface area contributed by atoms with Crippen molar-refractivity contribution in [2.45, 2.75) is 103 Å². The molecule has 0 aromatic carbocycles. The molecule has 1 N–H and O–H groups in total. The van der Waals surface area contributed by atoms with Gasteiger partial charge < -0.3 is 14.8 Å². The minimum absolute atomic E-state index is 0.343. The Morgan fingerprint density at radius 1 is 0.800 bits per heavy atom. The fourth-order valence-electron chi connectivity index (χ4n) is 2.73. The van der Waals surface area contributed by atoms with Crippen molar-refractivity contribution in [1.29, 1.82) is 0 Å². The molecule has 1 unspecified atom stereocenters. The number of amides is 1. The molecule has 0 aliphatic carbocycles. The molecule has 0 aromatic rings. The minimum atomic E-state index is -0.599. The molecule has 0 saturated carbocycles. The molecule has 5 nitrogen and oxygen atoms in total. The normalized spacial score (nSPS) is 11.8. The summed E-state index contributed by atoms with van der Waals surface area (Å²) in [5.41, 5.74) is 0.